The zero-order valence-corrected chi connectivity index (χ0v) is 14.8. The molecule has 7 heteroatoms. The van der Waals surface area contributed by atoms with Crippen LogP contribution in [0.4, 0.5) is 4.79 Å². The van der Waals surface area contributed by atoms with Crippen LogP contribution in [0.5, 0.6) is 5.75 Å². The second-order valence-electron chi connectivity index (χ2n) is 5.45. The SMILES string of the molecule is C=C1NC(=O)NC(c2cc(Br)ccc2OC(C)C)C1C(=O)OC. The van der Waals surface area contributed by atoms with Gasteiger partial charge in [0.15, 0.2) is 0 Å². The lowest BCUT2D eigenvalue weighted by Gasteiger charge is -2.34. The molecule has 0 aliphatic carbocycles. The van der Waals surface area contributed by atoms with Gasteiger partial charge in [0, 0.05) is 15.7 Å². The van der Waals surface area contributed by atoms with Crippen LogP contribution >= 0.6 is 15.9 Å². The summed E-state index contributed by atoms with van der Waals surface area (Å²) >= 11 is 3.41. The average Bonchev–Trinajstić information content (AvgIpc) is 2.47. The van der Waals surface area contributed by atoms with E-state index in [1.807, 2.05) is 26.0 Å². The zero-order chi connectivity index (χ0) is 17.1. The zero-order valence-electron chi connectivity index (χ0n) is 13.2. The number of esters is 1. The Hall–Kier alpha value is -2.02. The molecule has 2 amide bonds. The van der Waals surface area contributed by atoms with Gasteiger partial charge in [-0.25, -0.2) is 4.79 Å². The van der Waals surface area contributed by atoms with E-state index in [1.165, 1.54) is 7.11 Å². The first-order chi connectivity index (χ1) is 10.8. The summed E-state index contributed by atoms with van der Waals surface area (Å²) in [6, 6.07) is 4.40. The highest BCUT2D eigenvalue weighted by atomic mass is 79.9. The van der Waals surface area contributed by atoms with Crippen molar-refractivity contribution in [3.05, 3.63) is 40.5 Å². The highest BCUT2D eigenvalue weighted by molar-refractivity contribution is 9.10. The van der Waals surface area contributed by atoms with Gasteiger partial charge in [0.2, 0.25) is 0 Å². The van der Waals surface area contributed by atoms with Gasteiger partial charge in [-0.3, -0.25) is 4.79 Å². The number of carbonyl (C=O) groups excluding carboxylic acids is 2. The van der Waals surface area contributed by atoms with E-state index in [9.17, 15) is 9.59 Å². The van der Waals surface area contributed by atoms with Gasteiger partial charge in [-0.15, -0.1) is 0 Å². The summed E-state index contributed by atoms with van der Waals surface area (Å²) < 4.78 is 11.5. The number of ether oxygens (including phenoxy) is 2. The Balaban J connectivity index is 2.51. The van der Waals surface area contributed by atoms with Crippen LogP contribution in [0.2, 0.25) is 0 Å². The summed E-state index contributed by atoms with van der Waals surface area (Å²) in [7, 11) is 1.30. The standard InChI is InChI=1S/C16H19BrN2O4/c1-8(2)23-12-6-5-10(17)7-11(12)14-13(15(20)22-4)9(3)18-16(21)19-14/h5-8,13-14H,3H2,1-2,4H3,(H2,18,19,21). The molecule has 1 aromatic carbocycles. The molecule has 1 heterocycles. The van der Waals surface area contributed by atoms with Crippen molar-refractivity contribution in [2.24, 2.45) is 5.92 Å². The first-order valence-corrected chi connectivity index (χ1v) is 7.93. The smallest absolute Gasteiger partial charge is 0.319 e. The number of benzene rings is 1. The highest BCUT2D eigenvalue weighted by Crippen LogP contribution is 2.37. The Morgan fingerprint density at radius 1 is 1.39 bits per heavy atom. The lowest BCUT2D eigenvalue weighted by Crippen LogP contribution is -2.51. The van der Waals surface area contributed by atoms with Crippen molar-refractivity contribution >= 4 is 27.9 Å². The van der Waals surface area contributed by atoms with Crippen LogP contribution in [0.25, 0.3) is 0 Å². The molecule has 0 spiro atoms. The van der Waals surface area contributed by atoms with Crippen molar-refractivity contribution in [1.29, 1.82) is 0 Å². The number of hydrogen-bond donors (Lipinski definition) is 2. The third-order valence-electron chi connectivity index (χ3n) is 3.39. The molecule has 124 valence electrons. The van der Waals surface area contributed by atoms with E-state index in [0.717, 1.165) is 4.47 Å². The summed E-state index contributed by atoms with van der Waals surface area (Å²) in [6.45, 7) is 7.59. The molecule has 1 aliphatic heterocycles. The lowest BCUT2D eigenvalue weighted by atomic mass is 9.88. The molecule has 1 aliphatic rings. The van der Waals surface area contributed by atoms with Crippen LogP contribution in [0, 0.1) is 5.92 Å². The molecule has 6 nitrogen and oxygen atoms in total. The summed E-state index contributed by atoms with van der Waals surface area (Å²) in [4.78, 5) is 24.0. The molecular weight excluding hydrogens is 364 g/mol. The minimum Gasteiger partial charge on any atom is -0.491 e. The Bertz CT molecular complexity index is 645. The van der Waals surface area contributed by atoms with E-state index in [4.69, 9.17) is 9.47 Å². The summed E-state index contributed by atoms with van der Waals surface area (Å²) in [6.07, 6.45) is -0.0490. The van der Waals surface area contributed by atoms with Crippen LogP contribution in [0.1, 0.15) is 25.5 Å². The largest absolute Gasteiger partial charge is 0.491 e. The van der Waals surface area contributed by atoms with Gasteiger partial charge in [0.05, 0.1) is 19.3 Å². The quantitative estimate of drug-likeness (QED) is 0.784. The number of urea groups is 1. The van der Waals surface area contributed by atoms with E-state index < -0.39 is 24.0 Å². The molecule has 1 aromatic rings. The van der Waals surface area contributed by atoms with Gasteiger partial charge < -0.3 is 20.1 Å². The molecule has 0 bridgehead atoms. The van der Waals surface area contributed by atoms with Crippen LogP contribution in [-0.2, 0) is 9.53 Å². The molecule has 1 fully saturated rings. The van der Waals surface area contributed by atoms with Gasteiger partial charge >= 0.3 is 12.0 Å². The number of carbonyl (C=O) groups is 2. The van der Waals surface area contributed by atoms with E-state index in [1.54, 1.807) is 6.07 Å². The third kappa shape index (κ3) is 3.85. The number of amides is 2. The Morgan fingerprint density at radius 3 is 2.70 bits per heavy atom. The molecule has 2 rings (SSSR count). The molecule has 2 unspecified atom stereocenters. The molecule has 23 heavy (non-hydrogen) atoms. The Morgan fingerprint density at radius 2 is 2.09 bits per heavy atom. The van der Waals surface area contributed by atoms with Crippen LogP contribution in [-0.4, -0.2) is 25.2 Å². The number of methoxy groups -OCH3 is 1. The Labute approximate surface area is 143 Å². The molecule has 2 N–H and O–H groups in total. The minimum absolute atomic E-state index is 0.0490. The molecule has 1 saturated heterocycles. The van der Waals surface area contributed by atoms with Crippen molar-refractivity contribution < 1.29 is 19.1 Å². The maximum absolute atomic E-state index is 12.2. The number of halogens is 1. The third-order valence-corrected chi connectivity index (χ3v) is 3.89. The van der Waals surface area contributed by atoms with E-state index >= 15 is 0 Å². The average molecular weight is 383 g/mol. The van der Waals surface area contributed by atoms with E-state index in [2.05, 4.69) is 33.1 Å². The number of hydrogen-bond acceptors (Lipinski definition) is 4. The molecule has 2 atom stereocenters. The van der Waals surface area contributed by atoms with Crippen LogP contribution < -0.4 is 15.4 Å². The van der Waals surface area contributed by atoms with Gasteiger partial charge in [0.1, 0.15) is 11.7 Å². The fourth-order valence-electron chi connectivity index (χ4n) is 2.47. The van der Waals surface area contributed by atoms with Gasteiger partial charge in [-0.1, -0.05) is 22.5 Å². The number of nitrogens with one attached hydrogen (secondary N) is 2. The molecule has 0 aromatic heterocycles. The number of rotatable bonds is 4. The van der Waals surface area contributed by atoms with Crippen LogP contribution in [0.3, 0.4) is 0 Å². The minimum atomic E-state index is -0.749. The van der Waals surface area contributed by atoms with E-state index in [0.29, 0.717) is 17.0 Å². The maximum atomic E-state index is 12.2. The summed E-state index contributed by atoms with van der Waals surface area (Å²) in [5.41, 5.74) is 0.973. The van der Waals surface area contributed by atoms with Crippen molar-refractivity contribution in [1.82, 2.24) is 10.6 Å². The van der Waals surface area contributed by atoms with Crippen molar-refractivity contribution in [3.8, 4) is 5.75 Å². The van der Waals surface area contributed by atoms with Crippen molar-refractivity contribution in [3.63, 3.8) is 0 Å². The van der Waals surface area contributed by atoms with Gasteiger partial charge in [-0.05, 0) is 32.0 Å². The molecular formula is C16H19BrN2O4. The van der Waals surface area contributed by atoms with Gasteiger partial charge in [-0.2, -0.15) is 0 Å². The van der Waals surface area contributed by atoms with Crippen molar-refractivity contribution in [2.75, 3.05) is 7.11 Å². The molecule has 0 radical (unpaired) electrons. The van der Waals surface area contributed by atoms with Crippen LogP contribution in [0.15, 0.2) is 34.9 Å². The predicted molar refractivity (Wildman–Crippen MR) is 89.0 cm³/mol. The normalized spacial score (nSPS) is 20.7. The van der Waals surface area contributed by atoms with E-state index in [-0.39, 0.29) is 6.10 Å². The fraction of sp³-hybridized carbons (Fsp3) is 0.375. The maximum Gasteiger partial charge on any atom is 0.319 e. The van der Waals surface area contributed by atoms with Crippen molar-refractivity contribution in [2.45, 2.75) is 26.0 Å². The highest BCUT2D eigenvalue weighted by Gasteiger charge is 2.40. The second kappa shape index (κ2) is 7.04. The summed E-state index contributed by atoms with van der Waals surface area (Å²) in [5, 5.41) is 5.28. The second-order valence-corrected chi connectivity index (χ2v) is 6.37. The summed E-state index contributed by atoms with van der Waals surface area (Å²) in [5.74, 6) is -0.637. The predicted octanol–water partition coefficient (Wildman–Crippen LogP) is 2.89. The van der Waals surface area contributed by atoms with Gasteiger partial charge in [0.25, 0.3) is 0 Å². The Kier molecular flexibility index (Phi) is 5.30. The topological polar surface area (TPSA) is 76.7 Å². The first kappa shape index (κ1) is 17.3. The fourth-order valence-corrected chi connectivity index (χ4v) is 2.85. The lowest BCUT2D eigenvalue weighted by molar-refractivity contribution is -0.145. The first-order valence-electron chi connectivity index (χ1n) is 7.13. The monoisotopic (exact) mass is 382 g/mol. The molecule has 0 saturated carbocycles.